The summed E-state index contributed by atoms with van der Waals surface area (Å²) in [7, 11) is 0. The minimum atomic E-state index is -0.212. The van der Waals surface area contributed by atoms with E-state index in [9.17, 15) is 4.79 Å². The van der Waals surface area contributed by atoms with Crippen LogP contribution in [0.3, 0.4) is 0 Å². The first kappa shape index (κ1) is 15.0. The van der Waals surface area contributed by atoms with Crippen LogP contribution >= 0.6 is 0 Å². The summed E-state index contributed by atoms with van der Waals surface area (Å²) < 4.78 is 0. The van der Waals surface area contributed by atoms with E-state index in [2.05, 4.69) is 24.2 Å². The number of piperidine rings is 1. The maximum Gasteiger partial charge on any atom is 0.265 e. The Morgan fingerprint density at radius 2 is 2.00 bits per heavy atom. The van der Waals surface area contributed by atoms with Gasteiger partial charge in [0.1, 0.15) is 0 Å². The van der Waals surface area contributed by atoms with E-state index >= 15 is 0 Å². The molecular weight excluding hydrogens is 250 g/mol. The highest BCUT2D eigenvalue weighted by atomic mass is 16.2. The molecule has 1 aromatic rings. The fourth-order valence-electron chi connectivity index (χ4n) is 2.80. The van der Waals surface area contributed by atoms with E-state index in [0.29, 0.717) is 11.0 Å². The van der Waals surface area contributed by atoms with Gasteiger partial charge in [-0.1, -0.05) is 38.5 Å². The normalized spacial score (nSPS) is 18.8. The van der Waals surface area contributed by atoms with Gasteiger partial charge in [-0.2, -0.15) is 0 Å². The van der Waals surface area contributed by atoms with E-state index in [1.165, 1.54) is 19.3 Å². The molecule has 1 aliphatic rings. The lowest BCUT2D eigenvalue weighted by Gasteiger charge is -2.39. The van der Waals surface area contributed by atoms with Crippen LogP contribution in [-0.2, 0) is 6.54 Å². The van der Waals surface area contributed by atoms with Crippen molar-refractivity contribution in [1.82, 2.24) is 10.3 Å². The SMILES string of the molecule is CCC1(C)CCN(Cc2ccccc2C(=O)NN)CC1. The minimum absolute atomic E-state index is 0.212. The summed E-state index contributed by atoms with van der Waals surface area (Å²) in [6.45, 7) is 7.67. The molecule has 3 N–H and O–H groups in total. The maximum absolute atomic E-state index is 11.8. The number of nitrogen functional groups attached to an aromatic ring is 1. The standard InChI is InChI=1S/C16H25N3O/c1-3-16(2)8-10-19(11-9-16)12-13-6-4-5-7-14(13)15(20)18-17/h4-7H,3,8-12,17H2,1-2H3,(H,18,20). The number of nitrogens with zero attached hydrogens (tertiary/aromatic N) is 1. The average Bonchev–Trinajstić information content (AvgIpc) is 2.49. The second kappa shape index (κ2) is 6.37. The van der Waals surface area contributed by atoms with Crippen LogP contribution < -0.4 is 11.3 Å². The van der Waals surface area contributed by atoms with E-state index in [4.69, 9.17) is 5.84 Å². The zero-order valence-corrected chi connectivity index (χ0v) is 12.5. The fraction of sp³-hybridized carbons (Fsp3) is 0.562. The number of nitrogens with one attached hydrogen (secondary N) is 1. The molecule has 0 unspecified atom stereocenters. The number of hydrogen-bond donors (Lipinski definition) is 2. The summed E-state index contributed by atoms with van der Waals surface area (Å²) in [6.07, 6.45) is 3.70. The van der Waals surface area contributed by atoms with Crippen LogP contribution in [-0.4, -0.2) is 23.9 Å². The zero-order valence-electron chi connectivity index (χ0n) is 12.5. The molecule has 1 aliphatic heterocycles. The van der Waals surface area contributed by atoms with E-state index in [0.717, 1.165) is 25.2 Å². The van der Waals surface area contributed by atoms with E-state index in [1.807, 2.05) is 24.3 Å². The number of likely N-dealkylation sites (tertiary alicyclic amines) is 1. The Balaban J connectivity index is 2.03. The highest BCUT2D eigenvalue weighted by Gasteiger charge is 2.28. The van der Waals surface area contributed by atoms with Gasteiger partial charge in [-0.15, -0.1) is 0 Å². The predicted molar refractivity (Wildman–Crippen MR) is 81.0 cm³/mol. The van der Waals surface area contributed by atoms with Crippen LogP contribution in [0.5, 0.6) is 0 Å². The van der Waals surface area contributed by atoms with Crippen molar-refractivity contribution in [3.63, 3.8) is 0 Å². The summed E-state index contributed by atoms with van der Waals surface area (Å²) >= 11 is 0. The molecule has 20 heavy (non-hydrogen) atoms. The molecule has 1 aromatic carbocycles. The van der Waals surface area contributed by atoms with Crippen LogP contribution in [0.1, 0.15) is 49.0 Å². The van der Waals surface area contributed by atoms with Gasteiger partial charge in [-0.05, 0) is 43.0 Å². The molecule has 1 amide bonds. The molecule has 0 spiro atoms. The monoisotopic (exact) mass is 275 g/mol. The van der Waals surface area contributed by atoms with Crippen LogP contribution in [0.15, 0.2) is 24.3 Å². The van der Waals surface area contributed by atoms with Crippen LogP contribution in [0.25, 0.3) is 0 Å². The van der Waals surface area contributed by atoms with Crippen molar-refractivity contribution in [1.29, 1.82) is 0 Å². The number of amides is 1. The van der Waals surface area contributed by atoms with Crippen molar-refractivity contribution >= 4 is 5.91 Å². The van der Waals surface area contributed by atoms with Gasteiger partial charge in [-0.25, -0.2) is 5.84 Å². The molecule has 2 rings (SSSR count). The maximum atomic E-state index is 11.8. The number of carbonyl (C=O) groups is 1. The fourth-order valence-corrected chi connectivity index (χ4v) is 2.80. The van der Waals surface area contributed by atoms with Gasteiger partial charge in [0.25, 0.3) is 5.91 Å². The van der Waals surface area contributed by atoms with E-state index in [-0.39, 0.29) is 5.91 Å². The Bertz CT molecular complexity index is 465. The Kier molecular flexibility index (Phi) is 4.78. The molecule has 0 aliphatic carbocycles. The summed E-state index contributed by atoms with van der Waals surface area (Å²) in [5, 5.41) is 0. The van der Waals surface area contributed by atoms with Crippen molar-refractivity contribution in [2.75, 3.05) is 13.1 Å². The topological polar surface area (TPSA) is 58.4 Å². The number of benzene rings is 1. The second-order valence-corrected chi connectivity index (χ2v) is 6.07. The Morgan fingerprint density at radius 3 is 2.60 bits per heavy atom. The van der Waals surface area contributed by atoms with E-state index in [1.54, 1.807) is 0 Å². The average molecular weight is 275 g/mol. The molecule has 1 fully saturated rings. The number of hydrogen-bond acceptors (Lipinski definition) is 3. The molecule has 0 saturated carbocycles. The molecule has 1 heterocycles. The van der Waals surface area contributed by atoms with Crippen molar-refractivity contribution in [3.8, 4) is 0 Å². The summed E-state index contributed by atoms with van der Waals surface area (Å²) in [5.41, 5.74) is 4.45. The van der Waals surface area contributed by atoms with Gasteiger partial charge in [-0.3, -0.25) is 15.1 Å². The lowest BCUT2D eigenvalue weighted by molar-refractivity contribution is 0.0943. The number of nitrogens with two attached hydrogens (primary N) is 1. The van der Waals surface area contributed by atoms with Gasteiger partial charge in [0.05, 0.1) is 0 Å². The van der Waals surface area contributed by atoms with Crippen LogP contribution in [0.2, 0.25) is 0 Å². The molecule has 0 atom stereocenters. The van der Waals surface area contributed by atoms with Crippen LogP contribution in [0, 0.1) is 5.41 Å². The number of carbonyl (C=O) groups excluding carboxylic acids is 1. The molecular formula is C16H25N3O. The zero-order chi connectivity index (χ0) is 14.6. The highest BCUT2D eigenvalue weighted by molar-refractivity contribution is 5.95. The van der Waals surface area contributed by atoms with Crippen molar-refractivity contribution in [2.45, 2.75) is 39.7 Å². The highest BCUT2D eigenvalue weighted by Crippen LogP contribution is 2.34. The molecule has 110 valence electrons. The predicted octanol–water partition coefficient (Wildman–Crippen LogP) is 2.30. The van der Waals surface area contributed by atoms with Gasteiger partial charge >= 0.3 is 0 Å². The number of hydrazine groups is 1. The molecule has 0 aromatic heterocycles. The van der Waals surface area contributed by atoms with Crippen molar-refractivity contribution < 1.29 is 4.79 Å². The summed E-state index contributed by atoms with van der Waals surface area (Å²) in [5.74, 6) is 5.03. The summed E-state index contributed by atoms with van der Waals surface area (Å²) in [4.78, 5) is 14.2. The van der Waals surface area contributed by atoms with Crippen LogP contribution in [0.4, 0.5) is 0 Å². The third kappa shape index (κ3) is 3.38. The second-order valence-electron chi connectivity index (χ2n) is 6.07. The van der Waals surface area contributed by atoms with Gasteiger partial charge < -0.3 is 0 Å². The van der Waals surface area contributed by atoms with Gasteiger partial charge in [0.15, 0.2) is 0 Å². The Morgan fingerprint density at radius 1 is 1.35 bits per heavy atom. The first-order chi connectivity index (χ1) is 9.58. The lowest BCUT2D eigenvalue weighted by atomic mass is 9.78. The largest absolute Gasteiger partial charge is 0.299 e. The molecule has 1 saturated heterocycles. The minimum Gasteiger partial charge on any atom is -0.299 e. The number of rotatable bonds is 4. The molecule has 0 bridgehead atoms. The lowest BCUT2D eigenvalue weighted by Crippen LogP contribution is -2.38. The van der Waals surface area contributed by atoms with Gasteiger partial charge in [0, 0.05) is 12.1 Å². The molecule has 4 nitrogen and oxygen atoms in total. The Labute approximate surface area is 121 Å². The van der Waals surface area contributed by atoms with E-state index < -0.39 is 0 Å². The molecule has 0 radical (unpaired) electrons. The third-order valence-corrected chi connectivity index (χ3v) is 4.70. The van der Waals surface area contributed by atoms with Crippen molar-refractivity contribution in [3.05, 3.63) is 35.4 Å². The first-order valence-corrected chi connectivity index (χ1v) is 7.39. The van der Waals surface area contributed by atoms with Gasteiger partial charge in [0.2, 0.25) is 0 Å². The smallest absolute Gasteiger partial charge is 0.265 e. The summed E-state index contributed by atoms with van der Waals surface area (Å²) in [6, 6.07) is 7.69. The first-order valence-electron chi connectivity index (χ1n) is 7.39. The molecule has 4 heteroatoms. The van der Waals surface area contributed by atoms with Crippen molar-refractivity contribution in [2.24, 2.45) is 11.3 Å². The Hall–Kier alpha value is -1.39. The quantitative estimate of drug-likeness (QED) is 0.503. The third-order valence-electron chi connectivity index (χ3n) is 4.70.